The molecule has 0 fully saturated rings. The zero-order valence-corrected chi connectivity index (χ0v) is 7.92. The highest BCUT2D eigenvalue weighted by Crippen LogP contribution is 1.89. The van der Waals surface area contributed by atoms with E-state index in [1.54, 1.807) is 4.90 Å². The molecule has 66 valence electrons. The van der Waals surface area contributed by atoms with Gasteiger partial charge in [0.1, 0.15) is 0 Å². The first-order valence-corrected chi connectivity index (χ1v) is 3.96. The summed E-state index contributed by atoms with van der Waals surface area (Å²) in [5.74, 6) is 0.215. The van der Waals surface area contributed by atoms with Gasteiger partial charge in [-0.25, -0.2) is 0 Å². The zero-order chi connectivity index (χ0) is 8.85. The molecular formula is C8H18N2O. The van der Waals surface area contributed by atoms with Crippen molar-refractivity contribution in [2.45, 2.75) is 13.3 Å². The highest BCUT2D eigenvalue weighted by molar-refractivity contribution is 5.75. The Kier molecular flexibility index (Phi) is 4.86. The second kappa shape index (κ2) is 5.13. The Morgan fingerprint density at radius 2 is 1.73 bits per heavy atom. The Balaban J connectivity index is 3.52. The van der Waals surface area contributed by atoms with Crippen LogP contribution >= 0.6 is 0 Å². The van der Waals surface area contributed by atoms with Crippen LogP contribution in [-0.2, 0) is 4.79 Å². The van der Waals surface area contributed by atoms with Gasteiger partial charge in [0.15, 0.2) is 0 Å². The van der Waals surface area contributed by atoms with Crippen LogP contribution < -0.4 is 0 Å². The van der Waals surface area contributed by atoms with Gasteiger partial charge in [0.25, 0.3) is 0 Å². The van der Waals surface area contributed by atoms with Crippen LogP contribution in [0.5, 0.6) is 0 Å². The van der Waals surface area contributed by atoms with Gasteiger partial charge in [-0.2, -0.15) is 0 Å². The van der Waals surface area contributed by atoms with Gasteiger partial charge in [0.2, 0.25) is 5.91 Å². The average Bonchev–Trinajstić information content (AvgIpc) is 1.98. The molecule has 0 saturated carbocycles. The largest absolute Gasteiger partial charge is 0.344 e. The van der Waals surface area contributed by atoms with Crippen LogP contribution in [0.2, 0.25) is 0 Å². The lowest BCUT2D eigenvalue weighted by Crippen LogP contribution is -2.32. The zero-order valence-electron chi connectivity index (χ0n) is 7.92. The minimum Gasteiger partial charge on any atom is -0.344 e. The fourth-order valence-electron chi connectivity index (χ4n) is 0.745. The molecule has 0 aromatic heterocycles. The van der Waals surface area contributed by atoms with Gasteiger partial charge in [0.05, 0.1) is 0 Å². The lowest BCUT2D eigenvalue weighted by atomic mass is 10.4. The second-order valence-corrected chi connectivity index (χ2v) is 2.97. The summed E-state index contributed by atoms with van der Waals surface area (Å²) < 4.78 is 0. The Labute approximate surface area is 69.0 Å². The predicted molar refractivity (Wildman–Crippen MR) is 46.5 cm³/mol. The number of hydrogen-bond donors (Lipinski definition) is 0. The van der Waals surface area contributed by atoms with Crippen molar-refractivity contribution in [1.29, 1.82) is 0 Å². The molecule has 0 atom stereocenters. The smallest absolute Gasteiger partial charge is 0.222 e. The summed E-state index contributed by atoms with van der Waals surface area (Å²) in [7, 11) is 5.85. The van der Waals surface area contributed by atoms with E-state index in [9.17, 15) is 4.79 Å². The molecule has 3 heteroatoms. The lowest BCUT2D eigenvalue weighted by molar-refractivity contribution is -0.129. The molecule has 0 aromatic rings. The van der Waals surface area contributed by atoms with Crippen LogP contribution in [0.3, 0.4) is 0 Å². The van der Waals surface area contributed by atoms with Crippen LogP contribution in [0.25, 0.3) is 0 Å². The number of rotatable bonds is 4. The quantitative estimate of drug-likeness (QED) is 0.592. The van der Waals surface area contributed by atoms with E-state index in [0.29, 0.717) is 6.42 Å². The molecule has 0 N–H and O–H groups in total. The fourth-order valence-corrected chi connectivity index (χ4v) is 0.745. The molecule has 11 heavy (non-hydrogen) atoms. The Hall–Kier alpha value is -0.570. The summed E-state index contributed by atoms with van der Waals surface area (Å²) in [4.78, 5) is 14.9. The topological polar surface area (TPSA) is 23.6 Å². The minimum atomic E-state index is 0.215. The van der Waals surface area contributed by atoms with Crippen LogP contribution in [0.15, 0.2) is 0 Å². The summed E-state index contributed by atoms with van der Waals surface area (Å²) in [6.45, 7) is 3.64. The molecule has 0 aromatic carbocycles. The molecule has 0 saturated heterocycles. The Morgan fingerprint density at radius 3 is 2.09 bits per heavy atom. The Morgan fingerprint density at radius 1 is 1.18 bits per heavy atom. The first-order valence-electron chi connectivity index (χ1n) is 3.96. The van der Waals surface area contributed by atoms with Gasteiger partial charge in [-0.05, 0) is 14.1 Å². The number of likely N-dealkylation sites (N-methyl/N-ethyl adjacent to an activating group) is 2. The highest BCUT2D eigenvalue weighted by atomic mass is 16.2. The minimum absolute atomic E-state index is 0.215. The number of carbonyl (C=O) groups is 1. The molecule has 0 unspecified atom stereocenters. The molecule has 1 amide bonds. The summed E-state index contributed by atoms with van der Waals surface area (Å²) >= 11 is 0. The third kappa shape index (κ3) is 4.79. The summed E-state index contributed by atoms with van der Waals surface area (Å²) in [6, 6.07) is 0. The van der Waals surface area contributed by atoms with E-state index >= 15 is 0 Å². The van der Waals surface area contributed by atoms with Crippen LogP contribution in [-0.4, -0.2) is 49.9 Å². The van der Waals surface area contributed by atoms with Gasteiger partial charge in [0, 0.05) is 26.6 Å². The van der Waals surface area contributed by atoms with Crippen molar-refractivity contribution in [2.24, 2.45) is 0 Å². The van der Waals surface area contributed by atoms with Crippen LogP contribution in [0, 0.1) is 0 Å². The molecule has 0 radical (unpaired) electrons. The van der Waals surface area contributed by atoms with E-state index in [0.717, 1.165) is 13.1 Å². The number of hydrogen-bond acceptors (Lipinski definition) is 2. The summed E-state index contributed by atoms with van der Waals surface area (Å²) in [5, 5.41) is 0. The first kappa shape index (κ1) is 10.4. The number of nitrogens with zero attached hydrogens (tertiary/aromatic N) is 2. The van der Waals surface area contributed by atoms with Crippen LogP contribution in [0.1, 0.15) is 13.3 Å². The fraction of sp³-hybridized carbons (Fsp3) is 0.875. The maximum atomic E-state index is 11.0. The lowest BCUT2D eigenvalue weighted by Gasteiger charge is -2.18. The predicted octanol–water partition coefficient (Wildman–Crippen LogP) is 0.416. The van der Waals surface area contributed by atoms with E-state index in [-0.39, 0.29) is 5.91 Å². The molecule has 0 spiro atoms. The molecular weight excluding hydrogens is 140 g/mol. The summed E-state index contributed by atoms with van der Waals surface area (Å²) in [5.41, 5.74) is 0. The maximum absolute atomic E-state index is 11.0. The molecule has 0 aliphatic heterocycles. The monoisotopic (exact) mass is 158 g/mol. The maximum Gasteiger partial charge on any atom is 0.222 e. The Bertz CT molecular complexity index is 123. The summed E-state index contributed by atoms with van der Waals surface area (Å²) in [6.07, 6.45) is 0.601. The van der Waals surface area contributed by atoms with Gasteiger partial charge >= 0.3 is 0 Å². The van der Waals surface area contributed by atoms with Gasteiger partial charge < -0.3 is 9.80 Å². The van der Waals surface area contributed by atoms with E-state index in [1.807, 2.05) is 28.1 Å². The van der Waals surface area contributed by atoms with Crippen LogP contribution in [0.4, 0.5) is 0 Å². The normalized spacial score (nSPS) is 10.3. The van der Waals surface area contributed by atoms with Gasteiger partial charge in [-0.1, -0.05) is 6.92 Å². The second-order valence-electron chi connectivity index (χ2n) is 2.97. The third-order valence-electron chi connectivity index (χ3n) is 1.61. The highest BCUT2D eigenvalue weighted by Gasteiger charge is 2.04. The van der Waals surface area contributed by atoms with Crippen molar-refractivity contribution in [3.63, 3.8) is 0 Å². The molecule has 0 heterocycles. The SMILES string of the molecule is CCC(=O)N(C)CCN(C)C. The van der Waals surface area contributed by atoms with Crippen molar-refractivity contribution in [2.75, 3.05) is 34.2 Å². The van der Waals surface area contributed by atoms with Gasteiger partial charge in [-0.3, -0.25) is 4.79 Å². The molecule has 0 bridgehead atoms. The standard InChI is InChI=1S/C8H18N2O/c1-5-8(11)10(4)7-6-9(2)3/h5-7H2,1-4H3. The van der Waals surface area contributed by atoms with E-state index in [1.165, 1.54) is 0 Å². The first-order chi connectivity index (χ1) is 5.07. The number of carbonyl (C=O) groups excluding carboxylic acids is 1. The van der Waals surface area contributed by atoms with Crippen molar-refractivity contribution >= 4 is 5.91 Å². The molecule has 0 rings (SSSR count). The van der Waals surface area contributed by atoms with Crippen molar-refractivity contribution in [1.82, 2.24) is 9.80 Å². The van der Waals surface area contributed by atoms with E-state index in [2.05, 4.69) is 4.90 Å². The van der Waals surface area contributed by atoms with Crippen molar-refractivity contribution in [3.8, 4) is 0 Å². The third-order valence-corrected chi connectivity index (χ3v) is 1.61. The van der Waals surface area contributed by atoms with Gasteiger partial charge in [-0.15, -0.1) is 0 Å². The average molecular weight is 158 g/mol. The van der Waals surface area contributed by atoms with Crippen molar-refractivity contribution in [3.05, 3.63) is 0 Å². The number of amides is 1. The molecule has 0 aliphatic rings. The van der Waals surface area contributed by atoms with Crippen molar-refractivity contribution < 1.29 is 4.79 Å². The molecule has 0 aliphatic carbocycles. The van der Waals surface area contributed by atoms with E-state index < -0.39 is 0 Å². The van der Waals surface area contributed by atoms with E-state index in [4.69, 9.17) is 0 Å². The molecule has 3 nitrogen and oxygen atoms in total.